The zero-order chi connectivity index (χ0) is 19.2. The van der Waals surface area contributed by atoms with Crippen LogP contribution in [0.1, 0.15) is 25.8 Å². The lowest BCUT2D eigenvalue weighted by atomic mass is 10.2. The van der Waals surface area contributed by atoms with E-state index in [0.717, 1.165) is 30.9 Å². The van der Waals surface area contributed by atoms with Crippen LogP contribution in [0.5, 0.6) is 5.75 Å². The summed E-state index contributed by atoms with van der Waals surface area (Å²) in [7, 11) is 3.31. The number of benzene rings is 1. The summed E-state index contributed by atoms with van der Waals surface area (Å²) in [6, 6.07) is 7.59. The van der Waals surface area contributed by atoms with Gasteiger partial charge in [-0.3, -0.25) is 9.79 Å². The summed E-state index contributed by atoms with van der Waals surface area (Å²) in [4.78, 5) is 16.0. The van der Waals surface area contributed by atoms with E-state index in [1.54, 1.807) is 14.2 Å². The first-order valence-electron chi connectivity index (χ1n) is 8.97. The Hall–Kier alpha value is -2.28. The first-order valence-corrected chi connectivity index (χ1v) is 8.97. The van der Waals surface area contributed by atoms with Crippen LogP contribution in [-0.4, -0.2) is 52.3 Å². The number of nitrogens with one attached hydrogen (secondary N) is 3. The molecule has 0 aromatic heterocycles. The molecule has 0 bridgehead atoms. The van der Waals surface area contributed by atoms with Crippen LogP contribution in [0, 0.1) is 5.92 Å². The molecule has 7 nitrogen and oxygen atoms in total. The first-order chi connectivity index (χ1) is 12.5. The van der Waals surface area contributed by atoms with Crippen molar-refractivity contribution in [3.8, 4) is 5.75 Å². The maximum absolute atomic E-state index is 11.9. The Balaban J connectivity index is 2.16. The quantitative estimate of drug-likeness (QED) is 0.315. The largest absolute Gasteiger partial charge is 0.497 e. The molecule has 146 valence electrons. The highest BCUT2D eigenvalue weighted by Gasteiger charge is 2.04. The molecule has 7 heteroatoms. The molecule has 0 saturated carbocycles. The van der Waals surface area contributed by atoms with Crippen LogP contribution >= 0.6 is 0 Å². The first kappa shape index (κ1) is 21.8. The SMILES string of the molecule is CN=C(NCCCOCC(C)C)NCC(=O)NCc1ccc(OC)cc1. The second-order valence-corrected chi connectivity index (χ2v) is 6.30. The fourth-order valence-corrected chi connectivity index (χ4v) is 2.09. The van der Waals surface area contributed by atoms with Crippen LogP contribution in [0.2, 0.25) is 0 Å². The normalized spacial score (nSPS) is 11.3. The number of carbonyl (C=O) groups excluding carboxylic acids is 1. The highest BCUT2D eigenvalue weighted by Crippen LogP contribution is 2.10. The van der Waals surface area contributed by atoms with Crippen molar-refractivity contribution in [1.82, 2.24) is 16.0 Å². The molecule has 0 radical (unpaired) electrons. The predicted molar refractivity (Wildman–Crippen MR) is 104 cm³/mol. The van der Waals surface area contributed by atoms with Crippen LogP contribution in [0.15, 0.2) is 29.3 Å². The summed E-state index contributed by atoms with van der Waals surface area (Å²) < 4.78 is 10.6. The summed E-state index contributed by atoms with van der Waals surface area (Å²) >= 11 is 0. The monoisotopic (exact) mass is 364 g/mol. The minimum atomic E-state index is -0.0935. The fraction of sp³-hybridized carbons (Fsp3) is 0.579. The Morgan fingerprint density at radius 3 is 2.50 bits per heavy atom. The van der Waals surface area contributed by atoms with Crippen molar-refractivity contribution in [1.29, 1.82) is 0 Å². The van der Waals surface area contributed by atoms with Crippen molar-refractivity contribution in [2.24, 2.45) is 10.9 Å². The number of hydrogen-bond donors (Lipinski definition) is 3. The molecule has 1 amide bonds. The lowest BCUT2D eigenvalue weighted by Crippen LogP contribution is -2.43. The lowest BCUT2D eigenvalue weighted by molar-refractivity contribution is -0.120. The van der Waals surface area contributed by atoms with E-state index in [4.69, 9.17) is 9.47 Å². The molecule has 0 aliphatic heterocycles. The molecule has 0 saturated heterocycles. The molecule has 0 unspecified atom stereocenters. The van der Waals surface area contributed by atoms with Gasteiger partial charge in [0.2, 0.25) is 5.91 Å². The van der Waals surface area contributed by atoms with E-state index >= 15 is 0 Å². The molecular formula is C19H32N4O3. The minimum absolute atomic E-state index is 0.0935. The van der Waals surface area contributed by atoms with E-state index in [1.807, 2.05) is 24.3 Å². The fourth-order valence-electron chi connectivity index (χ4n) is 2.09. The Morgan fingerprint density at radius 1 is 1.15 bits per heavy atom. The van der Waals surface area contributed by atoms with Gasteiger partial charge in [-0.15, -0.1) is 0 Å². The number of guanidine groups is 1. The van der Waals surface area contributed by atoms with Crippen LogP contribution in [0.3, 0.4) is 0 Å². The molecule has 0 atom stereocenters. The van der Waals surface area contributed by atoms with Gasteiger partial charge in [0.25, 0.3) is 0 Å². The zero-order valence-electron chi connectivity index (χ0n) is 16.3. The highest BCUT2D eigenvalue weighted by molar-refractivity contribution is 5.86. The predicted octanol–water partition coefficient (Wildman–Crippen LogP) is 1.54. The zero-order valence-corrected chi connectivity index (χ0v) is 16.3. The average Bonchev–Trinajstić information content (AvgIpc) is 2.65. The number of methoxy groups -OCH3 is 1. The maximum atomic E-state index is 11.9. The maximum Gasteiger partial charge on any atom is 0.239 e. The number of aliphatic imine (C=N–C) groups is 1. The van der Waals surface area contributed by atoms with Gasteiger partial charge in [-0.1, -0.05) is 26.0 Å². The van der Waals surface area contributed by atoms with Gasteiger partial charge in [-0.05, 0) is 30.0 Å². The van der Waals surface area contributed by atoms with Crippen molar-refractivity contribution in [3.63, 3.8) is 0 Å². The van der Waals surface area contributed by atoms with Crippen molar-refractivity contribution >= 4 is 11.9 Å². The van der Waals surface area contributed by atoms with E-state index in [0.29, 0.717) is 25.0 Å². The van der Waals surface area contributed by atoms with Crippen molar-refractivity contribution in [3.05, 3.63) is 29.8 Å². The van der Waals surface area contributed by atoms with E-state index in [-0.39, 0.29) is 12.5 Å². The van der Waals surface area contributed by atoms with Gasteiger partial charge in [0.15, 0.2) is 5.96 Å². The van der Waals surface area contributed by atoms with Gasteiger partial charge >= 0.3 is 0 Å². The van der Waals surface area contributed by atoms with Gasteiger partial charge in [-0.25, -0.2) is 0 Å². The molecule has 1 rings (SSSR count). The van der Waals surface area contributed by atoms with E-state index < -0.39 is 0 Å². The van der Waals surface area contributed by atoms with Crippen molar-refractivity contribution in [2.75, 3.05) is 40.5 Å². The molecule has 0 heterocycles. The van der Waals surface area contributed by atoms with Crippen LogP contribution in [0.25, 0.3) is 0 Å². The number of hydrogen-bond acceptors (Lipinski definition) is 4. The van der Waals surface area contributed by atoms with Crippen LogP contribution in [-0.2, 0) is 16.1 Å². The third-order valence-electron chi connectivity index (χ3n) is 3.50. The Kier molecular flexibility index (Phi) is 10.9. The Bertz CT molecular complexity index is 544. The third kappa shape index (κ3) is 9.88. The molecule has 1 aromatic rings. The molecule has 3 N–H and O–H groups in total. The summed E-state index contributed by atoms with van der Waals surface area (Å²) in [5.74, 6) is 1.86. The van der Waals surface area contributed by atoms with Gasteiger partial charge in [0.1, 0.15) is 5.75 Å². The number of nitrogens with zero attached hydrogens (tertiary/aromatic N) is 1. The number of rotatable bonds is 11. The molecular weight excluding hydrogens is 332 g/mol. The highest BCUT2D eigenvalue weighted by atomic mass is 16.5. The van der Waals surface area contributed by atoms with Crippen molar-refractivity contribution < 1.29 is 14.3 Å². The Morgan fingerprint density at radius 2 is 1.88 bits per heavy atom. The summed E-state index contributed by atoms with van der Waals surface area (Å²) in [5.41, 5.74) is 1.02. The van der Waals surface area contributed by atoms with Crippen LogP contribution in [0.4, 0.5) is 0 Å². The second kappa shape index (κ2) is 13.0. The molecule has 1 aromatic carbocycles. The number of ether oxygens (including phenoxy) is 2. The van der Waals surface area contributed by atoms with Crippen LogP contribution < -0.4 is 20.7 Å². The minimum Gasteiger partial charge on any atom is -0.497 e. The number of carbonyl (C=O) groups is 1. The molecule has 0 fully saturated rings. The van der Waals surface area contributed by atoms with E-state index in [2.05, 4.69) is 34.8 Å². The van der Waals surface area contributed by atoms with Gasteiger partial charge in [0.05, 0.1) is 13.7 Å². The van der Waals surface area contributed by atoms with Gasteiger partial charge in [0, 0.05) is 33.4 Å². The van der Waals surface area contributed by atoms with Gasteiger partial charge in [-0.2, -0.15) is 0 Å². The molecule has 0 aliphatic carbocycles. The molecule has 0 aliphatic rings. The number of amides is 1. The Labute approximate surface area is 156 Å². The average molecular weight is 364 g/mol. The van der Waals surface area contributed by atoms with Crippen molar-refractivity contribution in [2.45, 2.75) is 26.8 Å². The second-order valence-electron chi connectivity index (χ2n) is 6.30. The third-order valence-corrected chi connectivity index (χ3v) is 3.50. The lowest BCUT2D eigenvalue weighted by Gasteiger charge is -2.12. The van der Waals surface area contributed by atoms with Gasteiger partial charge < -0.3 is 25.4 Å². The molecule has 0 spiro atoms. The van der Waals surface area contributed by atoms with E-state index in [1.165, 1.54) is 0 Å². The standard InChI is InChI=1S/C19H32N4O3/c1-15(2)14-26-11-5-10-21-19(20-3)23-13-18(24)22-12-16-6-8-17(25-4)9-7-16/h6-9,15H,5,10-14H2,1-4H3,(H,22,24)(H2,20,21,23). The smallest absolute Gasteiger partial charge is 0.239 e. The topological polar surface area (TPSA) is 84.0 Å². The summed E-state index contributed by atoms with van der Waals surface area (Å²) in [6.07, 6.45) is 0.886. The summed E-state index contributed by atoms with van der Waals surface area (Å²) in [5, 5.41) is 9.03. The molecule has 26 heavy (non-hydrogen) atoms. The summed E-state index contributed by atoms with van der Waals surface area (Å²) in [6.45, 7) is 7.13. The van der Waals surface area contributed by atoms with E-state index in [9.17, 15) is 4.79 Å².